The molecule has 0 radical (unpaired) electrons. The van der Waals surface area contributed by atoms with Crippen molar-refractivity contribution in [2.45, 2.75) is 6.42 Å². The van der Waals surface area contributed by atoms with Gasteiger partial charge in [-0.2, -0.15) is 0 Å². The molecule has 10 heavy (non-hydrogen) atoms. The molecule has 1 aliphatic rings. The number of likely N-dealkylation sites (tertiary alicyclic amines) is 1. The molecular weight excluding hydrogens is 148 g/mol. The summed E-state index contributed by atoms with van der Waals surface area (Å²) in [5, 5.41) is 0. The van der Waals surface area contributed by atoms with Crippen LogP contribution >= 0.6 is 12.2 Å². The van der Waals surface area contributed by atoms with Crippen LogP contribution in [0, 0.1) is 5.92 Å². The summed E-state index contributed by atoms with van der Waals surface area (Å²) >= 11 is 4.72. The number of hydrogen-bond donors (Lipinski definition) is 1. The Morgan fingerprint density at radius 1 is 1.90 bits per heavy atom. The first-order valence-electron chi connectivity index (χ1n) is 3.17. The lowest BCUT2D eigenvalue weighted by Gasteiger charge is -2.07. The quantitative estimate of drug-likeness (QED) is 0.535. The molecule has 1 unspecified atom stereocenters. The Balaban J connectivity index is 2.66. The van der Waals surface area contributed by atoms with Gasteiger partial charge in [0.2, 0.25) is 5.91 Å². The number of nitrogens with two attached hydrogens (primary N) is 1. The predicted octanol–water partition coefficient (Wildman–Crippen LogP) is -0.249. The van der Waals surface area contributed by atoms with Crippen LogP contribution in [-0.2, 0) is 4.79 Å². The molecule has 0 aromatic rings. The summed E-state index contributed by atoms with van der Waals surface area (Å²) < 4.78 is 0. The summed E-state index contributed by atoms with van der Waals surface area (Å²) in [7, 11) is 1.76. The Hall–Kier alpha value is -0.640. The molecular formula is C6H10N2OS. The largest absolute Gasteiger partial charge is 0.393 e. The molecule has 1 atom stereocenters. The van der Waals surface area contributed by atoms with Gasteiger partial charge in [0.1, 0.15) is 0 Å². The number of nitrogens with zero attached hydrogens (tertiary/aromatic N) is 1. The van der Waals surface area contributed by atoms with Crippen molar-refractivity contribution < 1.29 is 4.79 Å². The van der Waals surface area contributed by atoms with Gasteiger partial charge < -0.3 is 10.6 Å². The van der Waals surface area contributed by atoms with Crippen molar-refractivity contribution in [3.05, 3.63) is 0 Å². The van der Waals surface area contributed by atoms with E-state index in [4.69, 9.17) is 18.0 Å². The van der Waals surface area contributed by atoms with Gasteiger partial charge in [0.25, 0.3) is 0 Å². The lowest BCUT2D eigenvalue weighted by molar-refractivity contribution is -0.128. The third kappa shape index (κ3) is 1.11. The van der Waals surface area contributed by atoms with Crippen LogP contribution in [-0.4, -0.2) is 29.4 Å². The van der Waals surface area contributed by atoms with Crippen molar-refractivity contribution in [2.24, 2.45) is 11.7 Å². The van der Waals surface area contributed by atoms with E-state index in [0.29, 0.717) is 4.99 Å². The maximum absolute atomic E-state index is 11.1. The minimum Gasteiger partial charge on any atom is -0.393 e. The highest BCUT2D eigenvalue weighted by Gasteiger charge is 2.30. The van der Waals surface area contributed by atoms with Gasteiger partial charge in [-0.3, -0.25) is 4.79 Å². The standard InChI is InChI=1S/C6H10N2OS/c1-8-3-2-4(5(7)10)6(8)9/h4H,2-3H2,1H3,(H2,7,10). The fourth-order valence-corrected chi connectivity index (χ4v) is 1.31. The van der Waals surface area contributed by atoms with Crippen molar-refractivity contribution in [1.82, 2.24) is 4.90 Å². The topological polar surface area (TPSA) is 46.3 Å². The van der Waals surface area contributed by atoms with Gasteiger partial charge in [0, 0.05) is 13.6 Å². The molecule has 2 N–H and O–H groups in total. The number of carbonyl (C=O) groups excluding carboxylic acids is 1. The summed E-state index contributed by atoms with van der Waals surface area (Å²) in [6.45, 7) is 0.779. The van der Waals surface area contributed by atoms with Crippen LogP contribution in [0.4, 0.5) is 0 Å². The molecule has 0 saturated carbocycles. The van der Waals surface area contributed by atoms with Crippen molar-refractivity contribution >= 4 is 23.1 Å². The molecule has 1 rings (SSSR count). The number of hydrogen-bond acceptors (Lipinski definition) is 2. The Morgan fingerprint density at radius 2 is 2.50 bits per heavy atom. The summed E-state index contributed by atoms with van der Waals surface area (Å²) in [6.07, 6.45) is 0.782. The van der Waals surface area contributed by atoms with Gasteiger partial charge in [-0.25, -0.2) is 0 Å². The normalized spacial score (nSPS) is 25.5. The highest BCUT2D eigenvalue weighted by molar-refractivity contribution is 7.80. The van der Waals surface area contributed by atoms with E-state index in [0.717, 1.165) is 13.0 Å². The number of thiocarbonyl (C=S) groups is 1. The fourth-order valence-electron chi connectivity index (χ4n) is 1.09. The number of rotatable bonds is 1. The molecule has 0 bridgehead atoms. The monoisotopic (exact) mass is 158 g/mol. The Labute approximate surface area is 65.2 Å². The SMILES string of the molecule is CN1CCC(C(N)=S)C1=O. The molecule has 1 aliphatic heterocycles. The first-order chi connectivity index (χ1) is 4.63. The summed E-state index contributed by atoms with van der Waals surface area (Å²) in [6, 6.07) is 0. The van der Waals surface area contributed by atoms with E-state index >= 15 is 0 Å². The van der Waals surface area contributed by atoms with Crippen LogP contribution in [0.1, 0.15) is 6.42 Å². The maximum atomic E-state index is 11.1. The average molecular weight is 158 g/mol. The van der Waals surface area contributed by atoms with Crippen LogP contribution in [0.2, 0.25) is 0 Å². The first kappa shape index (κ1) is 7.47. The van der Waals surface area contributed by atoms with Gasteiger partial charge in [-0.05, 0) is 6.42 Å². The molecule has 0 aliphatic carbocycles. The zero-order valence-electron chi connectivity index (χ0n) is 5.83. The zero-order valence-corrected chi connectivity index (χ0v) is 6.65. The number of amides is 1. The van der Waals surface area contributed by atoms with E-state index in [1.807, 2.05) is 0 Å². The smallest absolute Gasteiger partial charge is 0.232 e. The highest BCUT2D eigenvalue weighted by atomic mass is 32.1. The minimum atomic E-state index is -0.194. The minimum absolute atomic E-state index is 0.0625. The summed E-state index contributed by atoms with van der Waals surface area (Å²) in [5.74, 6) is -0.132. The molecule has 56 valence electrons. The van der Waals surface area contributed by atoms with Crippen LogP contribution in [0.5, 0.6) is 0 Å². The van der Waals surface area contributed by atoms with Crippen molar-refractivity contribution in [1.29, 1.82) is 0 Å². The van der Waals surface area contributed by atoms with Crippen LogP contribution in [0.15, 0.2) is 0 Å². The van der Waals surface area contributed by atoms with Crippen LogP contribution in [0.3, 0.4) is 0 Å². The second-order valence-corrected chi connectivity index (χ2v) is 2.97. The molecule has 1 fully saturated rings. The molecule has 0 aromatic carbocycles. The third-order valence-corrected chi connectivity index (χ3v) is 2.06. The summed E-state index contributed by atoms with van der Waals surface area (Å²) in [5.41, 5.74) is 5.33. The fraction of sp³-hybridized carbons (Fsp3) is 0.667. The molecule has 1 saturated heterocycles. The number of carbonyl (C=O) groups is 1. The summed E-state index contributed by atoms with van der Waals surface area (Å²) in [4.78, 5) is 13.1. The lowest BCUT2D eigenvalue weighted by atomic mass is 10.1. The molecule has 4 heteroatoms. The molecule has 0 spiro atoms. The Morgan fingerprint density at radius 3 is 2.70 bits per heavy atom. The van der Waals surface area contributed by atoms with Gasteiger partial charge in [-0.15, -0.1) is 0 Å². The van der Waals surface area contributed by atoms with Crippen molar-refractivity contribution in [3.8, 4) is 0 Å². The second-order valence-electron chi connectivity index (χ2n) is 2.50. The van der Waals surface area contributed by atoms with Crippen LogP contribution < -0.4 is 5.73 Å². The van der Waals surface area contributed by atoms with E-state index < -0.39 is 0 Å². The molecule has 1 heterocycles. The second kappa shape index (κ2) is 2.54. The average Bonchev–Trinajstić information content (AvgIpc) is 2.14. The Bertz CT molecular complexity index is 181. The van der Waals surface area contributed by atoms with E-state index in [9.17, 15) is 4.79 Å². The Kier molecular flexibility index (Phi) is 1.89. The van der Waals surface area contributed by atoms with Crippen molar-refractivity contribution in [3.63, 3.8) is 0 Å². The van der Waals surface area contributed by atoms with Crippen molar-refractivity contribution in [2.75, 3.05) is 13.6 Å². The van der Waals surface area contributed by atoms with E-state index in [1.54, 1.807) is 11.9 Å². The zero-order chi connectivity index (χ0) is 7.72. The molecule has 0 aromatic heterocycles. The van der Waals surface area contributed by atoms with E-state index in [2.05, 4.69) is 0 Å². The van der Waals surface area contributed by atoms with Crippen LogP contribution in [0.25, 0.3) is 0 Å². The van der Waals surface area contributed by atoms with Gasteiger partial charge in [0.15, 0.2) is 0 Å². The highest BCUT2D eigenvalue weighted by Crippen LogP contribution is 2.15. The molecule has 1 amide bonds. The van der Waals surface area contributed by atoms with Gasteiger partial charge in [-0.1, -0.05) is 12.2 Å². The van der Waals surface area contributed by atoms with Gasteiger partial charge in [0.05, 0.1) is 10.9 Å². The first-order valence-corrected chi connectivity index (χ1v) is 3.58. The molecule has 3 nitrogen and oxygen atoms in total. The maximum Gasteiger partial charge on any atom is 0.232 e. The third-order valence-electron chi connectivity index (χ3n) is 1.77. The van der Waals surface area contributed by atoms with E-state index in [1.165, 1.54) is 0 Å². The predicted molar refractivity (Wildman–Crippen MR) is 42.5 cm³/mol. The van der Waals surface area contributed by atoms with E-state index in [-0.39, 0.29) is 11.8 Å². The van der Waals surface area contributed by atoms with Gasteiger partial charge >= 0.3 is 0 Å². The lowest BCUT2D eigenvalue weighted by Crippen LogP contribution is -2.30.